The first-order chi connectivity index (χ1) is 8.20. The van der Waals surface area contributed by atoms with Crippen LogP contribution < -0.4 is 11.3 Å². The molecule has 2 rings (SSSR count). The molecule has 1 atom stereocenters. The van der Waals surface area contributed by atoms with Gasteiger partial charge in [0.15, 0.2) is 0 Å². The zero-order chi connectivity index (χ0) is 12.3. The van der Waals surface area contributed by atoms with Crippen molar-refractivity contribution in [2.75, 3.05) is 0 Å². The lowest BCUT2D eigenvalue weighted by atomic mass is 10.0. The monoisotopic (exact) mass is 358 g/mol. The SMILES string of the molecule is NNC(Cc1ccco1)c1ccc(Br)cc1Br. The molecular formula is C12H12Br2N2O. The summed E-state index contributed by atoms with van der Waals surface area (Å²) in [5.74, 6) is 6.51. The largest absolute Gasteiger partial charge is 0.469 e. The number of furan rings is 1. The van der Waals surface area contributed by atoms with Crippen LogP contribution >= 0.6 is 31.9 Å². The second-order valence-electron chi connectivity index (χ2n) is 3.67. The van der Waals surface area contributed by atoms with Crippen molar-refractivity contribution in [2.24, 2.45) is 5.84 Å². The number of nitrogens with two attached hydrogens (primary N) is 1. The molecule has 0 saturated carbocycles. The highest BCUT2D eigenvalue weighted by molar-refractivity contribution is 9.11. The predicted octanol–water partition coefficient (Wildman–Crippen LogP) is 3.55. The first-order valence-corrected chi connectivity index (χ1v) is 6.72. The minimum atomic E-state index is 0.0172. The Morgan fingerprint density at radius 2 is 2.12 bits per heavy atom. The minimum Gasteiger partial charge on any atom is -0.469 e. The summed E-state index contributed by atoms with van der Waals surface area (Å²) >= 11 is 6.96. The van der Waals surface area contributed by atoms with Gasteiger partial charge in [0.25, 0.3) is 0 Å². The van der Waals surface area contributed by atoms with Crippen molar-refractivity contribution >= 4 is 31.9 Å². The van der Waals surface area contributed by atoms with E-state index in [1.165, 1.54) is 0 Å². The summed E-state index contributed by atoms with van der Waals surface area (Å²) < 4.78 is 7.38. The molecule has 1 unspecified atom stereocenters. The van der Waals surface area contributed by atoms with Gasteiger partial charge in [-0.3, -0.25) is 11.3 Å². The van der Waals surface area contributed by atoms with E-state index in [1.54, 1.807) is 6.26 Å². The van der Waals surface area contributed by atoms with Crippen LogP contribution in [0.15, 0.2) is 50.0 Å². The van der Waals surface area contributed by atoms with Gasteiger partial charge in [-0.1, -0.05) is 37.9 Å². The van der Waals surface area contributed by atoms with Crippen LogP contribution in [-0.2, 0) is 6.42 Å². The summed E-state index contributed by atoms with van der Waals surface area (Å²) in [6.45, 7) is 0. The number of hydrogen-bond donors (Lipinski definition) is 2. The molecule has 17 heavy (non-hydrogen) atoms. The highest BCUT2D eigenvalue weighted by Gasteiger charge is 2.15. The molecule has 1 aromatic heterocycles. The van der Waals surface area contributed by atoms with Gasteiger partial charge in [0.1, 0.15) is 5.76 Å². The predicted molar refractivity (Wildman–Crippen MR) is 74.3 cm³/mol. The molecule has 0 aliphatic carbocycles. The molecule has 0 aliphatic rings. The van der Waals surface area contributed by atoms with Crippen molar-refractivity contribution in [1.29, 1.82) is 0 Å². The molecule has 2 aromatic rings. The van der Waals surface area contributed by atoms with E-state index >= 15 is 0 Å². The van der Waals surface area contributed by atoms with Crippen LogP contribution in [0.25, 0.3) is 0 Å². The fraction of sp³-hybridized carbons (Fsp3) is 0.167. The number of benzene rings is 1. The molecule has 0 bridgehead atoms. The summed E-state index contributed by atoms with van der Waals surface area (Å²) in [6, 6.07) is 9.86. The summed E-state index contributed by atoms with van der Waals surface area (Å²) in [6.07, 6.45) is 2.38. The van der Waals surface area contributed by atoms with Crippen LogP contribution in [0.1, 0.15) is 17.4 Å². The molecule has 0 spiro atoms. The molecule has 3 nitrogen and oxygen atoms in total. The molecule has 0 aliphatic heterocycles. The maximum Gasteiger partial charge on any atom is 0.105 e. The Bertz CT molecular complexity index is 485. The Kier molecular flexibility index (Phi) is 4.39. The van der Waals surface area contributed by atoms with Crippen LogP contribution in [0.5, 0.6) is 0 Å². The average Bonchev–Trinajstić information content (AvgIpc) is 2.79. The third-order valence-corrected chi connectivity index (χ3v) is 3.70. The maximum atomic E-state index is 5.60. The van der Waals surface area contributed by atoms with E-state index in [2.05, 4.69) is 37.3 Å². The molecule has 90 valence electrons. The number of rotatable bonds is 4. The van der Waals surface area contributed by atoms with Crippen molar-refractivity contribution < 1.29 is 4.42 Å². The van der Waals surface area contributed by atoms with Crippen LogP contribution in [0, 0.1) is 0 Å². The van der Waals surface area contributed by atoms with Crippen molar-refractivity contribution in [3.63, 3.8) is 0 Å². The van der Waals surface area contributed by atoms with E-state index < -0.39 is 0 Å². The van der Waals surface area contributed by atoms with Gasteiger partial charge >= 0.3 is 0 Å². The standard InChI is InChI=1S/C12H12Br2N2O/c13-8-3-4-10(11(14)6-8)12(16-15)7-9-2-1-5-17-9/h1-6,12,16H,7,15H2. The molecule has 1 aromatic carbocycles. The Morgan fingerprint density at radius 3 is 2.71 bits per heavy atom. The van der Waals surface area contributed by atoms with E-state index in [0.717, 1.165) is 20.3 Å². The highest BCUT2D eigenvalue weighted by Crippen LogP contribution is 2.28. The Hall–Kier alpha value is -0.620. The van der Waals surface area contributed by atoms with E-state index in [-0.39, 0.29) is 6.04 Å². The Morgan fingerprint density at radius 1 is 1.29 bits per heavy atom. The van der Waals surface area contributed by atoms with Crippen LogP contribution in [0.2, 0.25) is 0 Å². The van der Waals surface area contributed by atoms with Crippen molar-refractivity contribution in [3.05, 3.63) is 56.9 Å². The summed E-state index contributed by atoms with van der Waals surface area (Å²) in [5.41, 5.74) is 3.92. The normalized spacial score (nSPS) is 12.6. The maximum absolute atomic E-state index is 5.60. The van der Waals surface area contributed by atoms with E-state index in [9.17, 15) is 0 Å². The van der Waals surface area contributed by atoms with Gasteiger partial charge < -0.3 is 4.42 Å². The quantitative estimate of drug-likeness (QED) is 0.648. The van der Waals surface area contributed by atoms with Gasteiger partial charge in [-0.05, 0) is 29.8 Å². The van der Waals surface area contributed by atoms with Gasteiger partial charge in [-0.25, -0.2) is 0 Å². The Labute approximate surface area is 117 Å². The smallest absolute Gasteiger partial charge is 0.105 e. The average molecular weight is 360 g/mol. The molecule has 0 saturated heterocycles. The molecular weight excluding hydrogens is 348 g/mol. The highest BCUT2D eigenvalue weighted by atomic mass is 79.9. The van der Waals surface area contributed by atoms with Gasteiger partial charge in [-0.2, -0.15) is 0 Å². The van der Waals surface area contributed by atoms with Crippen molar-refractivity contribution in [2.45, 2.75) is 12.5 Å². The van der Waals surface area contributed by atoms with Crippen LogP contribution in [-0.4, -0.2) is 0 Å². The first-order valence-electron chi connectivity index (χ1n) is 5.14. The minimum absolute atomic E-state index is 0.0172. The molecule has 0 radical (unpaired) electrons. The van der Waals surface area contributed by atoms with E-state index in [4.69, 9.17) is 10.3 Å². The molecule has 1 heterocycles. The molecule has 5 heteroatoms. The topological polar surface area (TPSA) is 51.2 Å². The second kappa shape index (κ2) is 5.82. The molecule has 0 fully saturated rings. The first kappa shape index (κ1) is 12.8. The van der Waals surface area contributed by atoms with Gasteiger partial charge in [0.05, 0.1) is 12.3 Å². The van der Waals surface area contributed by atoms with Gasteiger partial charge in [0.2, 0.25) is 0 Å². The zero-order valence-corrected chi connectivity index (χ0v) is 12.2. The third kappa shape index (κ3) is 3.19. The third-order valence-electron chi connectivity index (χ3n) is 2.52. The second-order valence-corrected chi connectivity index (χ2v) is 5.44. The lowest BCUT2D eigenvalue weighted by Gasteiger charge is -2.16. The number of hydrazine groups is 1. The Balaban J connectivity index is 2.23. The number of halogens is 2. The van der Waals surface area contributed by atoms with Gasteiger partial charge in [0, 0.05) is 15.4 Å². The number of hydrogen-bond acceptors (Lipinski definition) is 3. The van der Waals surface area contributed by atoms with Crippen molar-refractivity contribution in [3.8, 4) is 0 Å². The van der Waals surface area contributed by atoms with Crippen molar-refractivity contribution in [1.82, 2.24) is 5.43 Å². The fourth-order valence-corrected chi connectivity index (χ4v) is 3.00. The summed E-state index contributed by atoms with van der Waals surface area (Å²) in [4.78, 5) is 0. The summed E-state index contributed by atoms with van der Waals surface area (Å²) in [5, 5.41) is 0. The van der Waals surface area contributed by atoms with E-state index in [0.29, 0.717) is 6.42 Å². The summed E-state index contributed by atoms with van der Waals surface area (Å²) in [7, 11) is 0. The van der Waals surface area contributed by atoms with Gasteiger partial charge in [-0.15, -0.1) is 0 Å². The van der Waals surface area contributed by atoms with Crippen LogP contribution in [0.4, 0.5) is 0 Å². The molecule has 3 N–H and O–H groups in total. The van der Waals surface area contributed by atoms with Crippen LogP contribution in [0.3, 0.4) is 0 Å². The fourth-order valence-electron chi connectivity index (χ4n) is 1.67. The zero-order valence-electron chi connectivity index (χ0n) is 8.99. The lowest BCUT2D eigenvalue weighted by Crippen LogP contribution is -2.29. The lowest BCUT2D eigenvalue weighted by molar-refractivity contribution is 0.454. The molecule has 0 amide bonds. The van der Waals surface area contributed by atoms with E-state index in [1.807, 2.05) is 30.3 Å². The number of nitrogens with one attached hydrogen (secondary N) is 1.